The molecule has 0 spiro atoms. The second-order valence-electron chi connectivity index (χ2n) is 4.43. The second kappa shape index (κ2) is 5.20. The van der Waals surface area contributed by atoms with E-state index in [9.17, 15) is 8.42 Å². The summed E-state index contributed by atoms with van der Waals surface area (Å²) in [5, 5.41) is 2.91. The first-order valence-electron chi connectivity index (χ1n) is 5.01. The van der Waals surface area contributed by atoms with Crippen LogP contribution in [0.1, 0.15) is 20.8 Å². The summed E-state index contributed by atoms with van der Waals surface area (Å²) in [6.07, 6.45) is 0. The van der Waals surface area contributed by atoms with Gasteiger partial charge >= 0.3 is 10.3 Å². The van der Waals surface area contributed by atoms with Crippen molar-refractivity contribution in [3.8, 4) is 0 Å². The van der Waals surface area contributed by atoms with Gasteiger partial charge in [-0.05, 0) is 20.8 Å². The lowest BCUT2D eigenvalue weighted by Gasteiger charge is -2.23. The Balaban J connectivity index is 2.61. The Morgan fingerprint density at radius 3 is 2.44 bits per heavy atom. The highest BCUT2D eigenvalue weighted by Gasteiger charge is 2.34. The molecule has 1 rings (SSSR count). The molecule has 0 amide bonds. The number of halogens is 3. The highest BCUT2D eigenvalue weighted by Crippen LogP contribution is 2.26. The van der Waals surface area contributed by atoms with Crippen LogP contribution >= 0.6 is 34.8 Å². The van der Waals surface area contributed by atoms with Crippen molar-refractivity contribution in [1.82, 2.24) is 10.0 Å². The van der Waals surface area contributed by atoms with Crippen LogP contribution in [0.3, 0.4) is 0 Å². The third-order valence-corrected chi connectivity index (χ3v) is 3.61. The maximum absolute atomic E-state index is 11.5. The van der Waals surface area contributed by atoms with Crippen molar-refractivity contribution in [2.75, 3.05) is 6.61 Å². The van der Waals surface area contributed by atoms with E-state index in [4.69, 9.17) is 34.8 Å². The summed E-state index contributed by atoms with van der Waals surface area (Å²) in [6.45, 7) is 5.06. The van der Waals surface area contributed by atoms with E-state index >= 15 is 0 Å². The van der Waals surface area contributed by atoms with Crippen molar-refractivity contribution in [3.63, 3.8) is 0 Å². The van der Waals surface area contributed by atoms with Crippen LogP contribution < -0.4 is 10.0 Å². The summed E-state index contributed by atoms with van der Waals surface area (Å²) in [5.41, 5.74) is -0.340. The van der Waals surface area contributed by atoms with Crippen molar-refractivity contribution in [1.29, 1.82) is 0 Å². The maximum Gasteiger partial charge on any atom is 0.362 e. The fraction of sp³-hybridized carbons (Fsp3) is 0.875. The molecule has 0 fully saturated rings. The molecule has 0 aliphatic carbocycles. The third-order valence-electron chi connectivity index (χ3n) is 2.41. The van der Waals surface area contributed by atoms with Crippen molar-refractivity contribution in [2.45, 2.75) is 36.1 Å². The lowest BCUT2D eigenvalue weighted by molar-refractivity contribution is 0.322. The molecule has 0 saturated carbocycles. The average molecular weight is 339 g/mol. The van der Waals surface area contributed by atoms with Gasteiger partial charge in [0.25, 0.3) is 0 Å². The van der Waals surface area contributed by atoms with E-state index in [1.807, 2.05) is 20.8 Å². The van der Waals surface area contributed by atoms with E-state index in [2.05, 4.69) is 19.2 Å². The topological polar surface area (TPSA) is 79.8 Å². The predicted octanol–water partition coefficient (Wildman–Crippen LogP) is 1.33. The Bertz CT molecular complexity index is 444. The number of nitrogens with zero attached hydrogens (tertiary/aromatic N) is 1. The molecular formula is C8H14Cl3N3O3S. The van der Waals surface area contributed by atoms with Gasteiger partial charge in [0.15, 0.2) is 0 Å². The van der Waals surface area contributed by atoms with Crippen molar-refractivity contribution in [3.05, 3.63) is 0 Å². The first-order valence-corrected chi connectivity index (χ1v) is 7.55. The van der Waals surface area contributed by atoms with Crippen LogP contribution in [0.4, 0.5) is 0 Å². The first-order chi connectivity index (χ1) is 7.91. The molecule has 18 heavy (non-hydrogen) atoms. The zero-order chi connectivity index (χ0) is 14.2. The van der Waals surface area contributed by atoms with E-state index in [1.165, 1.54) is 0 Å². The normalized spacial score (nSPS) is 23.4. The highest BCUT2D eigenvalue weighted by atomic mass is 35.6. The number of hydrogen-bond donors (Lipinski definition) is 2. The van der Waals surface area contributed by atoms with Gasteiger partial charge in [-0.15, -0.1) is 0 Å². The van der Waals surface area contributed by atoms with Crippen LogP contribution in [0, 0.1) is 0 Å². The number of aliphatic imine (C=N–C) groups is 1. The van der Waals surface area contributed by atoms with Gasteiger partial charge in [0.2, 0.25) is 9.75 Å². The molecule has 0 aromatic rings. The molecule has 1 aliphatic rings. The lowest BCUT2D eigenvalue weighted by Crippen LogP contribution is -2.49. The Morgan fingerprint density at radius 1 is 1.50 bits per heavy atom. The molecule has 106 valence electrons. The Morgan fingerprint density at radius 2 is 2.06 bits per heavy atom. The number of guanidine groups is 1. The summed E-state index contributed by atoms with van der Waals surface area (Å²) < 4.78 is 27.9. The molecule has 6 nitrogen and oxygen atoms in total. The van der Waals surface area contributed by atoms with Crippen LogP contribution in [0.15, 0.2) is 4.99 Å². The molecule has 10 heteroatoms. The van der Waals surface area contributed by atoms with E-state index < -0.39 is 20.7 Å². The number of alkyl halides is 3. The van der Waals surface area contributed by atoms with Gasteiger partial charge in [0, 0.05) is 0 Å². The highest BCUT2D eigenvalue weighted by molar-refractivity contribution is 7.85. The van der Waals surface area contributed by atoms with Gasteiger partial charge in [0.1, 0.15) is 6.61 Å². The molecule has 1 unspecified atom stereocenters. The van der Waals surface area contributed by atoms with Crippen LogP contribution in [-0.2, 0) is 14.5 Å². The molecule has 1 atom stereocenters. The number of rotatable bonds is 3. The van der Waals surface area contributed by atoms with Crippen LogP contribution in [0.5, 0.6) is 0 Å². The standard InChI is InChI=1S/C8H14Cl3N3O3S/c1-5-7(2,3)13-6(12-5)14-18(15,16)17-4-8(9,10)11/h5H,4H2,1-3H3,(H2,12,13,14). The smallest absolute Gasteiger partial charge is 0.349 e. The predicted molar refractivity (Wildman–Crippen MR) is 72.4 cm³/mol. The monoisotopic (exact) mass is 337 g/mol. The van der Waals surface area contributed by atoms with Gasteiger partial charge in [-0.2, -0.15) is 8.42 Å². The van der Waals surface area contributed by atoms with Crippen LogP contribution in [-0.4, -0.2) is 36.4 Å². The summed E-state index contributed by atoms with van der Waals surface area (Å²) >= 11 is 16.2. The zero-order valence-corrected chi connectivity index (χ0v) is 13.1. The fourth-order valence-corrected chi connectivity index (χ4v) is 2.23. The molecule has 1 heterocycles. The minimum Gasteiger partial charge on any atom is -0.349 e. The fourth-order valence-electron chi connectivity index (χ4n) is 1.14. The quantitative estimate of drug-likeness (QED) is 0.761. The molecule has 0 aromatic carbocycles. The molecule has 0 radical (unpaired) electrons. The molecule has 2 N–H and O–H groups in total. The summed E-state index contributed by atoms with van der Waals surface area (Å²) in [5.74, 6) is 0.108. The molecule has 0 saturated heterocycles. The van der Waals surface area contributed by atoms with E-state index in [0.717, 1.165) is 0 Å². The molecule has 0 aromatic heterocycles. The molecular weight excluding hydrogens is 325 g/mol. The maximum atomic E-state index is 11.5. The van der Waals surface area contributed by atoms with E-state index in [0.29, 0.717) is 0 Å². The largest absolute Gasteiger partial charge is 0.362 e. The van der Waals surface area contributed by atoms with Crippen molar-refractivity contribution >= 4 is 51.1 Å². The Kier molecular flexibility index (Phi) is 4.66. The number of hydrogen-bond acceptors (Lipinski definition) is 5. The average Bonchev–Trinajstić information content (AvgIpc) is 2.35. The Labute approximate surface area is 121 Å². The summed E-state index contributed by atoms with van der Waals surface area (Å²) in [6, 6.07) is -0.0802. The van der Waals surface area contributed by atoms with Crippen LogP contribution in [0.25, 0.3) is 0 Å². The molecule has 0 bridgehead atoms. The van der Waals surface area contributed by atoms with Crippen LogP contribution in [0.2, 0.25) is 0 Å². The third kappa shape index (κ3) is 4.97. The second-order valence-corrected chi connectivity index (χ2v) is 8.30. The van der Waals surface area contributed by atoms with Gasteiger partial charge in [-0.3, -0.25) is 0 Å². The van der Waals surface area contributed by atoms with Crippen molar-refractivity contribution < 1.29 is 12.6 Å². The van der Waals surface area contributed by atoms with Gasteiger partial charge in [-0.25, -0.2) is 13.9 Å². The van der Waals surface area contributed by atoms with Gasteiger partial charge in [0.05, 0.1) is 11.6 Å². The first kappa shape index (κ1) is 16.1. The molecule has 1 aliphatic heterocycles. The zero-order valence-electron chi connectivity index (χ0n) is 10.00. The SMILES string of the molecule is CC1N=C(NS(=O)(=O)OCC(Cl)(Cl)Cl)NC1(C)C. The Hall–Kier alpha value is 0.0500. The van der Waals surface area contributed by atoms with E-state index in [-0.39, 0.29) is 17.5 Å². The summed E-state index contributed by atoms with van der Waals surface area (Å²) in [7, 11) is -4.07. The van der Waals surface area contributed by atoms with Gasteiger partial charge < -0.3 is 5.32 Å². The van der Waals surface area contributed by atoms with E-state index in [1.54, 1.807) is 0 Å². The lowest BCUT2D eigenvalue weighted by atomic mass is 9.99. The van der Waals surface area contributed by atoms with Crippen molar-refractivity contribution in [2.24, 2.45) is 4.99 Å². The number of nitrogens with one attached hydrogen (secondary N) is 2. The minimum atomic E-state index is -4.07. The summed E-state index contributed by atoms with van der Waals surface area (Å²) in [4.78, 5) is 4.11. The minimum absolute atomic E-state index is 0.0802. The van der Waals surface area contributed by atoms with Gasteiger partial charge in [-0.1, -0.05) is 34.8 Å².